The highest BCUT2D eigenvalue weighted by molar-refractivity contribution is 5.28. The summed E-state index contributed by atoms with van der Waals surface area (Å²) in [5.41, 5.74) is 1.90. The van der Waals surface area contributed by atoms with Crippen molar-refractivity contribution in [1.29, 1.82) is 0 Å². The molecule has 1 fully saturated rings. The van der Waals surface area contributed by atoms with E-state index >= 15 is 0 Å². The molecule has 0 aliphatic heterocycles. The number of aliphatic hydroxyl groups is 1. The SMILES string of the molecule is CCc1cccc(C2(O)CCC(CC)CC2)c1. The molecule has 0 spiro atoms. The number of rotatable bonds is 3. The van der Waals surface area contributed by atoms with Crippen molar-refractivity contribution in [3.8, 4) is 0 Å². The molecule has 2 rings (SSSR count). The average Bonchev–Trinajstić information content (AvgIpc) is 2.40. The van der Waals surface area contributed by atoms with Crippen LogP contribution in [-0.2, 0) is 12.0 Å². The van der Waals surface area contributed by atoms with Gasteiger partial charge in [-0.05, 0) is 49.1 Å². The van der Waals surface area contributed by atoms with E-state index in [4.69, 9.17) is 0 Å². The highest BCUT2D eigenvalue weighted by Gasteiger charge is 2.34. The van der Waals surface area contributed by atoms with Crippen molar-refractivity contribution in [2.24, 2.45) is 5.92 Å². The lowest BCUT2D eigenvalue weighted by Crippen LogP contribution is -2.31. The van der Waals surface area contributed by atoms with Crippen LogP contribution in [0.25, 0.3) is 0 Å². The Morgan fingerprint density at radius 2 is 1.94 bits per heavy atom. The van der Waals surface area contributed by atoms with Crippen molar-refractivity contribution >= 4 is 0 Å². The van der Waals surface area contributed by atoms with E-state index in [-0.39, 0.29) is 0 Å². The summed E-state index contributed by atoms with van der Waals surface area (Å²) in [6.07, 6.45) is 6.50. The lowest BCUT2D eigenvalue weighted by molar-refractivity contribution is -0.0146. The van der Waals surface area contributed by atoms with Crippen LogP contribution in [0.5, 0.6) is 0 Å². The summed E-state index contributed by atoms with van der Waals surface area (Å²) in [7, 11) is 0. The molecule has 0 amide bonds. The van der Waals surface area contributed by atoms with Crippen LogP contribution in [0.2, 0.25) is 0 Å². The monoisotopic (exact) mass is 232 g/mol. The minimum absolute atomic E-state index is 0.559. The fourth-order valence-corrected chi connectivity index (χ4v) is 2.93. The summed E-state index contributed by atoms with van der Waals surface area (Å²) < 4.78 is 0. The van der Waals surface area contributed by atoms with Gasteiger partial charge in [0.25, 0.3) is 0 Å². The predicted octanol–water partition coefficient (Wildman–Crippen LogP) is 4.04. The molecule has 0 saturated heterocycles. The first kappa shape index (κ1) is 12.6. The summed E-state index contributed by atoms with van der Waals surface area (Å²) in [5.74, 6) is 0.824. The highest BCUT2D eigenvalue weighted by Crippen LogP contribution is 2.40. The van der Waals surface area contributed by atoms with Gasteiger partial charge in [-0.1, -0.05) is 44.5 Å². The van der Waals surface area contributed by atoms with Gasteiger partial charge >= 0.3 is 0 Å². The van der Waals surface area contributed by atoms with Gasteiger partial charge in [0.05, 0.1) is 5.60 Å². The van der Waals surface area contributed by atoms with Gasteiger partial charge in [0.1, 0.15) is 0 Å². The van der Waals surface area contributed by atoms with Crippen LogP contribution >= 0.6 is 0 Å². The number of aryl methyl sites for hydroxylation is 1. The van der Waals surface area contributed by atoms with Gasteiger partial charge < -0.3 is 5.11 Å². The van der Waals surface area contributed by atoms with Gasteiger partial charge in [0.15, 0.2) is 0 Å². The van der Waals surface area contributed by atoms with Crippen LogP contribution in [0.4, 0.5) is 0 Å². The normalized spacial score (nSPS) is 29.2. The Labute approximate surface area is 105 Å². The zero-order chi connectivity index (χ0) is 12.3. The molecule has 0 bridgehead atoms. The Kier molecular flexibility index (Phi) is 3.88. The third-order valence-corrected chi connectivity index (χ3v) is 4.38. The first-order valence-corrected chi connectivity index (χ1v) is 6.99. The second-order valence-electron chi connectivity index (χ2n) is 5.44. The molecule has 0 radical (unpaired) electrons. The van der Waals surface area contributed by atoms with E-state index in [9.17, 15) is 5.11 Å². The molecule has 1 aromatic carbocycles. The van der Waals surface area contributed by atoms with Crippen LogP contribution in [-0.4, -0.2) is 5.11 Å². The number of hydrogen-bond acceptors (Lipinski definition) is 1. The van der Waals surface area contributed by atoms with Crippen molar-refractivity contribution in [2.75, 3.05) is 0 Å². The Morgan fingerprint density at radius 3 is 2.53 bits per heavy atom. The molecule has 1 saturated carbocycles. The quantitative estimate of drug-likeness (QED) is 0.834. The lowest BCUT2D eigenvalue weighted by Gasteiger charge is -2.36. The van der Waals surface area contributed by atoms with Gasteiger partial charge in [0.2, 0.25) is 0 Å². The molecule has 1 aromatic rings. The van der Waals surface area contributed by atoms with E-state index < -0.39 is 5.60 Å². The predicted molar refractivity (Wildman–Crippen MR) is 72.0 cm³/mol. The molecule has 0 aromatic heterocycles. The smallest absolute Gasteiger partial charge is 0.0896 e. The second kappa shape index (κ2) is 5.22. The Bertz CT molecular complexity index is 362. The van der Waals surface area contributed by atoms with Gasteiger partial charge in [-0.3, -0.25) is 0 Å². The van der Waals surface area contributed by atoms with Crippen LogP contribution in [0.3, 0.4) is 0 Å². The van der Waals surface area contributed by atoms with Crippen molar-refractivity contribution in [3.63, 3.8) is 0 Å². The van der Waals surface area contributed by atoms with Crippen molar-refractivity contribution in [1.82, 2.24) is 0 Å². The van der Waals surface area contributed by atoms with E-state index in [1.54, 1.807) is 0 Å². The zero-order valence-corrected chi connectivity index (χ0v) is 11.1. The first-order chi connectivity index (χ1) is 8.18. The molecule has 1 aliphatic rings. The van der Waals surface area contributed by atoms with Crippen molar-refractivity contribution in [2.45, 2.75) is 58.0 Å². The molecule has 1 heteroatoms. The molecule has 17 heavy (non-hydrogen) atoms. The maximum Gasteiger partial charge on any atom is 0.0896 e. The van der Waals surface area contributed by atoms with Crippen LogP contribution < -0.4 is 0 Å². The highest BCUT2D eigenvalue weighted by atomic mass is 16.3. The van der Waals surface area contributed by atoms with E-state index in [1.807, 2.05) is 0 Å². The first-order valence-electron chi connectivity index (χ1n) is 6.99. The zero-order valence-electron chi connectivity index (χ0n) is 11.1. The molecule has 1 N–H and O–H groups in total. The summed E-state index contributed by atoms with van der Waals surface area (Å²) in [4.78, 5) is 0. The Hall–Kier alpha value is -0.820. The minimum Gasteiger partial charge on any atom is -0.385 e. The maximum atomic E-state index is 10.8. The van der Waals surface area contributed by atoms with Gasteiger partial charge in [-0.25, -0.2) is 0 Å². The van der Waals surface area contributed by atoms with Crippen molar-refractivity contribution < 1.29 is 5.11 Å². The summed E-state index contributed by atoms with van der Waals surface area (Å²) in [6, 6.07) is 8.50. The molecule has 0 atom stereocenters. The fourth-order valence-electron chi connectivity index (χ4n) is 2.93. The van der Waals surface area contributed by atoms with E-state index in [2.05, 4.69) is 38.1 Å². The third-order valence-electron chi connectivity index (χ3n) is 4.38. The molecular formula is C16H24O. The molecule has 94 valence electrons. The fraction of sp³-hybridized carbons (Fsp3) is 0.625. The molecular weight excluding hydrogens is 208 g/mol. The summed E-state index contributed by atoms with van der Waals surface area (Å²) in [5, 5.41) is 10.8. The number of benzene rings is 1. The average molecular weight is 232 g/mol. The summed E-state index contributed by atoms with van der Waals surface area (Å²) in [6.45, 7) is 4.42. The molecule has 0 heterocycles. The van der Waals surface area contributed by atoms with Gasteiger partial charge in [-0.15, -0.1) is 0 Å². The topological polar surface area (TPSA) is 20.2 Å². The van der Waals surface area contributed by atoms with Crippen LogP contribution in [0, 0.1) is 5.92 Å². The summed E-state index contributed by atoms with van der Waals surface area (Å²) >= 11 is 0. The maximum absolute atomic E-state index is 10.8. The second-order valence-corrected chi connectivity index (χ2v) is 5.44. The van der Waals surface area contributed by atoms with Crippen LogP contribution in [0.15, 0.2) is 24.3 Å². The van der Waals surface area contributed by atoms with E-state index in [1.165, 1.54) is 24.8 Å². The van der Waals surface area contributed by atoms with Crippen molar-refractivity contribution in [3.05, 3.63) is 35.4 Å². The molecule has 0 unspecified atom stereocenters. The van der Waals surface area contributed by atoms with Crippen LogP contribution in [0.1, 0.15) is 57.1 Å². The van der Waals surface area contributed by atoms with Gasteiger partial charge in [0, 0.05) is 0 Å². The lowest BCUT2D eigenvalue weighted by atomic mass is 9.74. The Balaban J connectivity index is 2.15. The number of hydrogen-bond donors (Lipinski definition) is 1. The Morgan fingerprint density at radius 1 is 1.24 bits per heavy atom. The molecule has 1 nitrogen and oxygen atoms in total. The van der Waals surface area contributed by atoms with E-state index in [0.717, 1.165) is 30.7 Å². The van der Waals surface area contributed by atoms with E-state index in [0.29, 0.717) is 0 Å². The minimum atomic E-state index is -0.559. The van der Waals surface area contributed by atoms with Gasteiger partial charge in [-0.2, -0.15) is 0 Å². The third kappa shape index (κ3) is 2.71. The standard InChI is InChI=1S/C16H24O/c1-3-13-8-10-16(17,11-9-13)15-7-5-6-14(4-2)12-15/h5-7,12-13,17H,3-4,8-11H2,1-2H3. The molecule has 1 aliphatic carbocycles. The largest absolute Gasteiger partial charge is 0.385 e.